The van der Waals surface area contributed by atoms with Crippen LogP contribution in [0.4, 0.5) is 5.69 Å². The summed E-state index contributed by atoms with van der Waals surface area (Å²) in [6.45, 7) is 5.14. The molecule has 8 heteroatoms. The lowest BCUT2D eigenvalue weighted by molar-refractivity contribution is 0.102. The standard InChI is InChI=1S/C22H23N3O4S/c1-4-17-13-20(26)25-21(23-17)16-6-5-7-18(12-16)24-22(27)15-8-10-19(11-9-15)30(28,29)14(2)3/h5-14H,4H2,1-3H3,(H,24,27)(H,23,25,26). The normalized spacial score (nSPS) is 11.5. The Morgan fingerprint density at radius 3 is 2.43 bits per heavy atom. The van der Waals surface area contributed by atoms with E-state index in [1.54, 1.807) is 38.1 Å². The molecule has 0 atom stereocenters. The number of anilines is 1. The number of benzene rings is 2. The Bertz CT molecular complexity index is 1230. The number of aryl methyl sites for hydroxylation is 1. The van der Waals surface area contributed by atoms with Crippen molar-refractivity contribution in [1.82, 2.24) is 9.97 Å². The highest BCUT2D eigenvalue weighted by atomic mass is 32.2. The van der Waals surface area contributed by atoms with E-state index in [0.29, 0.717) is 34.8 Å². The van der Waals surface area contributed by atoms with Crippen molar-refractivity contribution >= 4 is 21.4 Å². The molecular formula is C22H23N3O4S. The van der Waals surface area contributed by atoms with Crippen LogP contribution in [-0.4, -0.2) is 29.5 Å². The van der Waals surface area contributed by atoms with E-state index in [9.17, 15) is 18.0 Å². The molecule has 0 aliphatic rings. The Morgan fingerprint density at radius 2 is 1.80 bits per heavy atom. The average molecular weight is 426 g/mol. The second kappa shape index (κ2) is 8.62. The summed E-state index contributed by atoms with van der Waals surface area (Å²) in [6, 6.07) is 14.3. The Balaban J connectivity index is 1.82. The predicted molar refractivity (Wildman–Crippen MR) is 116 cm³/mol. The number of hydrogen-bond acceptors (Lipinski definition) is 5. The zero-order valence-electron chi connectivity index (χ0n) is 17.0. The van der Waals surface area contributed by atoms with Crippen LogP contribution in [0.15, 0.2) is 64.3 Å². The van der Waals surface area contributed by atoms with Crippen molar-refractivity contribution in [2.45, 2.75) is 37.3 Å². The molecule has 7 nitrogen and oxygen atoms in total. The van der Waals surface area contributed by atoms with Gasteiger partial charge in [-0.25, -0.2) is 13.4 Å². The molecule has 156 valence electrons. The fraction of sp³-hybridized carbons (Fsp3) is 0.227. The second-order valence-electron chi connectivity index (χ2n) is 7.09. The summed E-state index contributed by atoms with van der Waals surface area (Å²) < 4.78 is 24.4. The van der Waals surface area contributed by atoms with Gasteiger partial charge in [0, 0.05) is 28.6 Å². The molecule has 3 aromatic rings. The molecule has 0 aliphatic carbocycles. The third-order valence-electron chi connectivity index (χ3n) is 4.62. The van der Waals surface area contributed by atoms with E-state index in [-0.39, 0.29) is 16.4 Å². The van der Waals surface area contributed by atoms with Gasteiger partial charge in [0.25, 0.3) is 11.5 Å². The largest absolute Gasteiger partial charge is 0.322 e. The molecular weight excluding hydrogens is 402 g/mol. The number of hydrogen-bond donors (Lipinski definition) is 2. The van der Waals surface area contributed by atoms with Gasteiger partial charge in [0.2, 0.25) is 0 Å². The molecule has 2 aromatic carbocycles. The molecule has 0 spiro atoms. The van der Waals surface area contributed by atoms with Crippen LogP contribution >= 0.6 is 0 Å². The van der Waals surface area contributed by atoms with Crippen molar-refractivity contribution in [3.63, 3.8) is 0 Å². The Labute approximate surface area is 175 Å². The average Bonchev–Trinajstić information content (AvgIpc) is 2.73. The summed E-state index contributed by atoms with van der Waals surface area (Å²) in [5.41, 5.74) is 1.98. The maximum Gasteiger partial charge on any atom is 0.255 e. The molecule has 0 unspecified atom stereocenters. The number of carbonyl (C=O) groups excluding carboxylic acids is 1. The van der Waals surface area contributed by atoms with E-state index >= 15 is 0 Å². The lowest BCUT2D eigenvalue weighted by Crippen LogP contribution is -2.15. The first-order valence-electron chi connectivity index (χ1n) is 9.56. The minimum Gasteiger partial charge on any atom is -0.322 e. The molecule has 1 amide bonds. The van der Waals surface area contributed by atoms with Gasteiger partial charge in [-0.15, -0.1) is 0 Å². The maximum absolute atomic E-state index is 12.6. The lowest BCUT2D eigenvalue weighted by atomic mass is 10.1. The van der Waals surface area contributed by atoms with Crippen LogP contribution in [-0.2, 0) is 16.3 Å². The first-order chi connectivity index (χ1) is 14.2. The molecule has 0 radical (unpaired) electrons. The number of aromatic amines is 1. The highest BCUT2D eigenvalue weighted by Gasteiger charge is 2.19. The Hall–Kier alpha value is -3.26. The summed E-state index contributed by atoms with van der Waals surface area (Å²) in [7, 11) is -3.39. The van der Waals surface area contributed by atoms with Crippen molar-refractivity contribution < 1.29 is 13.2 Å². The molecule has 0 bridgehead atoms. The number of nitrogens with zero attached hydrogens (tertiary/aromatic N) is 1. The van der Waals surface area contributed by atoms with Crippen molar-refractivity contribution in [3.8, 4) is 11.4 Å². The number of carbonyl (C=O) groups is 1. The van der Waals surface area contributed by atoms with Gasteiger partial charge in [-0.05, 0) is 56.7 Å². The monoisotopic (exact) mass is 425 g/mol. The van der Waals surface area contributed by atoms with Gasteiger partial charge in [0.1, 0.15) is 5.82 Å². The predicted octanol–water partition coefficient (Wildman–Crippen LogP) is 3.43. The van der Waals surface area contributed by atoms with Crippen LogP contribution in [0.3, 0.4) is 0 Å². The highest BCUT2D eigenvalue weighted by Crippen LogP contribution is 2.21. The molecule has 3 rings (SSSR count). The van der Waals surface area contributed by atoms with E-state index < -0.39 is 15.1 Å². The van der Waals surface area contributed by atoms with Crippen LogP contribution in [0.2, 0.25) is 0 Å². The molecule has 1 heterocycles. The minimum atomic E-state index is -3.39. The van der Waals surface area contributed by atoms with Crippen molar-refractivity contribution in [2.75, 3.05) is 5.32 Å². The van der Waals surface area contributed by atoms with E-state index in [2.05, 4.69) is 15.3 Å². The molecule has 30 heavy (non-hydrogen) atoms. The highest BCUT2D eigenvalue weighted by molar-refractivity contribution is 7.92. The van der Waals surface area contributed by atoms with Crippen LogP contribution in [0.1, 0.15) is 36.8 Å². The molecule has 0 saturated carbocycles. The number of sulfone groups is 1. The van der Waals surface area contributed by atoms with Crippen LogP contribution in [0.25, 0.3) is 11.4 Å². The topological polar surface area (TPSA) is 109 Å². The van der Waals surface area contributed by atoms with Gasteiger partial charge in [-0.3, -0.25) is 9.59 Å². The maximum atomic E-state index is 12.6. The molecule has 0 fully saturated rings. The van der Waals surface area contributed by atoms with Crippen LogP contribution < -0.4 is 10.9 Å². The van der Waals surface area contributed by atoms with E-state index in [0.717, 1.165) is 0 Å². The molecule has 1 aromatic heterocycles. The summed E-state index contributed by atoms with van der Waals surface area (Å²) in [4.78, 5) is 31.7. The SMILES string of the molecule is CCc1cc(=O)[nH]c(-c2cccc(NC(=O)c3ccc(S(=O)(=O)C(C)C)cc3)c2)n1. The smallest absolute Gasteiger partial charge is 0.255 e. The number of H-pyrrole nitrogens is 1. The van der Waals surface area contributed by atoms with Gasteiger partial charge in [0.05, 0.1) is 10.1 Å². The summed E-state index contributed by atoms with van der Waals surface area (Å²) >= 11 is 0. The Morgan fingerprint density at radius 1 is 1.10 bits per heavy atom. The first-order valence-corrected chi connectivity index (χ1v) is 11.1. The number of aromatic nitrogens is 2. The lowest BCUT2D eigenvalue weighted by Gasteiger charge is -2.10. The van der Waals surface area contributed by atoms with Gasteiger partial charge >= 0.3 is 0 Å². The third-order valence-corrected chi connectivity index (χ3v) is 6.79. The van der Waals surface area contributed by atoms with E-state index in [1.165, 1.54) is 30.3 Å². The van der Waals surface area contributed by atoms with E-state index in [1.807, 2.05) is 6.92 Å². The summed E-state index contributed by atoms with van der Waals surface area (Å²) in [5.74, 6) is 0.0584. The zero-order chi connectivity index (χ0) is 21.9. The van der Waals surface area contributed by atoms with Crippen LogP contribution in [0.5, 0.6) is 0 Å². The van der Waals surface area contributed by atoms with E-state index in [4.69, 9.17) is 0 Å². The number of rotatable bonds is 6. The first kappa shape index (κ1) is 21.4. The molecule has 2 N–H and O–H groups in total. The fourth-order valence-corrected chi connectivity index (χ4v) is 3.90. The molecule has 0 saturated heterocycles. The third kappa shape index (κ3) is 4.65. The second-order valence-corrected chi connectivity index (χ2v) is 9.60. The van der Waals surface area contributed by atoms with Gasteiger partial charge in [0.15, 0.2) is 9.84 Å². The zero-order valence-corrected chi connectivity index (χ0v) is 17.8. The van der Waals surface area contributed by atoms with Gasteiger partial charge < -0.3 is 10.3 Å². The van der Waals surface area contributed by atoms with Crippen molar-refractivity contribution in [2.24, 2.45) is 0 Å². The van der Waals surface area contributed by atoms with Crippen LogP contribution in [0, 0.1) is 0 Å². The Kier molecular flexibility index (Phi) is 6.17. The van der Waals surface area contributed by atoms with Crippen molar-refractivity contribution in [3.05, 3.63) is 76.2 Å². The summed E-state index contributed by atoms with van der Waals surface area (Å²) in [6.07, 6.45) is 0.635. The van der Waals surface area contributed by atoms with Gasteiger partial charge in [-0.1, -0.05) is 19.1 Å². The molecule has 0 aliphatic heterocycles. The fourth-order valence-electron chi connectivity index (χ4n) is 2.84. The van der Waals surface area contributed by atoms with Crippen molar-refractivity contribution in [1.29, 1.82) is 0 Å². The van der Waals surface area contributed by atoms with Gasteiger partial charge in [-0.2, -0.15) is 0 Å². The quantitative estimate of drug-likeness (QED) is 0.629. The number of nitrogens with one attached hydrogen (secondary N) is 2. The number of amides is 1. The summed E-state index contributed by atoms with van der Waals surface area (Å²) in [5, 5.41) is 2.25. The minimum absolute atomic E-state index is 0.182.